The number of aliphatic hydroxyl groups is 1. The van der Waals surface area contributed by atoms with Gasteiger partial charge in [-0.05, 0) is 6.07 Å². The second-order valence-corrected chi connectivity index (χ2v) is 3.54. The Morgan fingerprint density at radius 2 is 2.21 bits per heavy atom. The first-order valence-corrected chi connectivity index (χ1v) is 5.31. The molecule has 0 saturated heterocycles. The van der Waals surface area contributed by atoms with Gasteiger partial charge in [-0.15, -0.1) is 0 Å². The molecule has 1 unspecified atom stereocenters. The van der Waals surface area contributed by atoms with Gasteiger partial charge in [-0.3, -0.25) is 10.1 Å². The van der Waals surface area contributed by atoms with E-state index >= 15 is 0 Å². The topological polar surface area (TPSA) is 111 Å². The van der Waals surface area contributed by atoms with Gasteiger partial charge in [-0.1, -0.05) is 0 Å². The largest absolute Gasteiger partial charge is 0.497 e. The lowest BCUT2D eigenvalue weighted by Crippen LogP contribution is -2.34. The summed E-state index contributed by atoms with van der Waals surface area (Å²) in [7, 11) is 2.57. The van der Waals surface area contributed by atoms with Crippen LogP contribution < -0.4 is 10.1 Å². The highest BCUT2D eigenvalue weighted by atomic mass is 16.6. The van der Waals surface area contributed by atoms with Crippen LogP contribution >= 0.6 is 0 Å². The van der Waals surface area contributed by atoms with Gasteiger partial charge in [0.1, 0.15) is 17.5 Å². The second-order valence-electron chi connectivity index (χ2n) is 3.54. The predicted octanol–water partition coefficient (Wildman–Crippen LogP) is 0.549. The Kier molecular flexibility index (Phi) is 5.07. The van der Waals surface area contributed by atoms with E-state index < -0.39 is 23.5 Å². The summed E-state index contributed by atoms with van der Waals surface area (Å²) in [5.41, 5.74) is -0.169. The zero-order valence-corrected chi connectivity index (χ0v) is 10.5. The molecule has 0 aliphatic rings. The first kappa shape index (κ1) is 14.7. The minimum atomic E-state index is -1.09. The molecule has 0 amide bonds. The van der Waals surface area contributed by atoms with Gasteiger partial charge in [-0.2, -0.15) is 0 Å². The summed E-state index contributed by atoms with van der Waals surface area (Å²) in [5.74, 6) is -0.339. The first-order chi connectivity index (χ1) is 9.03. The van der Waals surface area contributed by atoms with Crippen molar-refractivity contribution < 1.29 is 24.3 Å². The zero-order chi connectivity index (χ0) is 14.4. The van der Waals surface area contributed by atoms with Crippen LogP contribution in [0.4, 0.5) is 11.4 Å². The highest BCUT2D eigenvalue weighted by Gasteiger charge is 2.22. The second kappa shape index (κ2) is 6.55. The van der Waals surface area contributed by atoms with E-state index in [9.17, 15) is 14.9 Å². The van der Waals surface area contributed by atoms with Crippen LogP contribution in [0.3, 0.4) is 0 Å². The minimum Gasteiger partial charge on any atom is -0.497 e. The fourth-order valence-corrected chi connectivity index (χ4v) is 1.43. The Labute approximate surface area is 109 Å². The maximum atomic E-state index is 11.3. The molecule has 0 aliphatic carbocycles. The maximum Gasteiger partial charge on any atom is 0.330 e. The summed E-state index contributed by atoms with van der Waals surface area (Å²) in [4.78, 5) is 21.6. The third-order valence-corrected chi connectivity index (χ3v) is 2.40. The van der Waals surface area contributed by atoms with Crippen molar-refractivity contribution in [3.05, 3.63) is 28.3 Å². The number of nitro groups is 1. The van der Waals surface area contributed by atoms with Crippen LogP contribution in [0.1, 0.15) is 0 Å². The molecule has 19 heavy (non-hydrogen) atoms. The Morgan fingerprint density at radius 1 is 1.53 bits per heavy atom. The van der Waals surface area contributed by atoms with Crippen molar-refractivity contribution in [3.8, 4) is 5.75 Å². The molecule has 0 heterocycles. The number of carbonyl (C=O) groups is 1. The van der Waals surface area contributed by atoms with Gasteiger partial charge in [0.15, 0.2) is 0 Å². The molecule has 8 nitrogen and oxygen atoms in total. The number of hydrogen-bond donors (Lipinski definition) is 2. The molecule has 104 valence electrons. The third-order valence-electron chi connectivity index (χ3n) is 2.40. The first-order valence-electron chi connectivity index (χ1n) is 5.31. The molecule has 0 spiro atoms. The molecule has 0 aliphatic heterocycles. The van der Waals surface area contributed by atoms with Crippen LogP contribution in [0, 0.1) is 10.1 Å². The molecule has 1 rings (SSSR count). The number of nitrogens with one attached hydrogen (secondary N) is 1. The van der Waals surface area contributed by atoms with Crippen molar-refractivity contribution in [2.45, 2.75) is 6.04 Å². The van der Waals surface area contributed by atoms with Crippen molar-refractivity contribution in [3.63, 3.8) is 0 Å². The highest BCUT2D eigenvalue weighted by Crippen LogP contribution is 2.29. The lowest BCUT2D eigenvalue weighted by molar-refractivity contribution is -0.384. The number of hydrogen-bond acceptors (Lipinski definition) is 7. The molecule has 1 atom stereocenters. The van der Waals surface area contributed by atoms with E-state index in [2.05, 4.69) is 10.1 Å². The third kappa shape index (κ3) is 3.55. The number of nitro benzene ring substituents is 1. The minimum absolute atomic E-state index is 0.0637. The molecule has 0 bridgehead atoms. The summed E-state index contributed by atoms with van der Waals surface area (Å²) < 4.78 is 9.42. The number of ether oxygens (including phenoxy) is 2. The number of aliphatic hydroxyl groups excluding tert-OH is 1. The molecule has 0 saturated carbocycles. The highest BCUT2D eigenvalue weighted by molar-refractivity contribution is 5.81. The van der Waals surface area contributed by atoms with E-state index in [1.54, 1.807) is 0 Å². The molecule has 1 aromatic carbocycles. The van der Waals surface area contributed by atoms with Crippen LogP contribution in [-0.2, 0) is 9.53 Å². The fourth-order valence-electron chi connectivity index (χ4n) is 1.43. The van der Waals surface area contributed by atoms with Crippen LogP contribution in [0.15, 0.2) is 18.2 Å². The summed E-state index contributed by atoms with van der Waals surface area (Å²) >= 11 is 0. The SMILES string of the molecule is COC(=O)C(CO)Nc1cc(OC)ccc1[N+](=O)[O-]. The number of benzene rings is 1. The van der Waals surface area contributed by atoms with Gasteiger partial charge in [0.2, 0.25) is 0 Å². The van der Waals surface area contributed by atoms with E-state index in [4.69, 9.17) is 9.84 Å². The Hall–Kier alpha value is -2.35. The molecule has 0 fully saturated rings. The van der Waals surface area contributed by atoms with E-state index in [0.717, 1.165) is 7.11 Å². The lowest BCUT2D eigenvalue weighted by Gasteiger charge is -2.15. The smallest absolute Gasteiger partial charge is 0.330 e. The summed E-state index contributed by atoms with van der Waals surface area (Å²) in [5, 5.41) is 22.5. The van der Waals surface area contributed by atoms with Crippen molar-refractivity contribution in [2.24, 2.45) is 0 Å². The normalized spacial score (nSPS) is 11.5. The Bertz CT molecular complexity index is 476. The Balaban J connectivity index is 3.08. The number of methoxy groups -OCH3 is 2. The van der Waals surface area contributed by atoms with Gasteiger partial charge in [0, 0.05) is 12.1 Å². The summed E-state index contributed by atoms with van der Waals surface area (Å²) in [6, 6.07) is 2.95. The molecule has 2 N–H and O–H groups in total. The maximum absolute atomic E-state index is 11.3. The quantitative estimate of drug-likeness (QED) is 0.441. The van der Waals surface area contributed by atoms with Gasteiger partial charge < -0.3 is 19.9 Å². The molecule has 8 heteroatoms. The van der Waals surface area contributed by atoms with Crippen LogP contribution in [-0.4, -0.2) is 42.9 Å². The average molecular weight is 270 g/mol. The van der Waals surface area contributed by atoms with E-state index in [1.165, 1.54) is 25.3 Å². The number of esters is 1. The number of nitrogens with zero attached hydrogens (tertiary/aromatic N) is 1. The van der Waals surface area contributed by atoms with Gasteiger partial charge in [0.25, 0.3) is 5.69 Å². The van der Waals surface area contributed by atoms with Crippen LogP contribution in [0.25, 0.3) is 0 Å². The van der Waals surface area contributed by atoms with E-state index in [0.29, 0.717) is 5.75 Å². The number of anilines is 1. The van der Waals surface area contributed by atoms with E-state index in [-0.39, 0.29) is 11.4 Å². The average Bonchev–Trinajstić information content (AvgIpc) is 2.43. The summed E-state index contributed by atoms with van der Waals surface area (Å²) in [6.07, 6.45) is 0. The predicted molar refractivity (Wildman–Crippen MR) is 66.2 cm³/mol. The standard InChI is InChI=1S/C11H14N2O6/c1-18-7-3-4-10(13(16)17)8(5-7)12-9(6-14)11(15)19-2/h3-5,9,12,14H,6H2,1-2H3. The van der Waals surface area contributed by atoms with Gasteiger partial charge in [0.05, 0.1) is 25.7 Å². The fraction of sp³-hybridized carbons (Fsp3) is 0.364. The van der Waals surface area contributed by atoms with Crippen molar-refractivity contribution >= 4 is 17.3 Å². The molecule has 0 aromatic heterocycles. The number of carbonyl (C=O) groups excluding carboxylic acids is 1. The van der Waals surface area contributed by atoms with Crippen LogP contribution in [0.5, 0.6) is 5.75 Å². The molecular formula is C11H14N2O6. The lowest BCUT2D eigenvalue weighted by atomic mass is 10.2. The molecule has 1 aromatic rings. The van der Waals surface area contributed by atoms with Gasteiger partial charge in [-0.25, -0.2) is 4.79 Å². The van der Waals surface area contributed by atoms with E-state index in [1.807, 2.05) is 0 Å². The van der Waals surface area contributed by atoms with Crippen molar-refractivity contribution in [1.29, 1.82) is 0 Å². The van der Waals surface area contributed by atoms with Crippen molar-refractivity contribution in [2.75, 3.05) is 26.1 Å². The Morgan fingerprint density at radius 3 is 2.68 bits per heavy atom. The van der Waals surface area contributed by atoms with Gasteiger partial charge >= 0.3 is 5.97 Å². The molecular weight excluding hydrogens is 256 g/mol. The van der Waals surface area contributed by atoms with Crippen LogP contribution in [0.2, 0.25) is 0 Å². The molecule has 0 radical (unpaired) electrons. The summed E-state index contributed by atoms with van der Waals surface area (Å²) in [6.45, 7) is -0.555. The number of rotatable bonds is 6. The zero-order valence-electron chi connectivity index (χ0n) is 10.5. The van der Waals surface area contributed by atoms with Crippen molar-refractivity contribution in [1.82, 2.24) is 0 Å². The monoisotopic (exact) mass is 270 g/mol.